The molecule has 0 spiro atoms. The average Bonchev–Trinajstić information content (AvgIpc) is 3.03. The summed E-state index contributed by atoms with van der Waals surface area (Å²) >= 11 is 0. The summed E-state index contributed by atoms with van der Waals surface area (Å²) in [5.74, 6) is -0.371. The number of cyclic esters (lactones) is 1. The second-order valence-electron chi connectivity index (χ2n) is 6.88. The predicted molar refractivity (Wildman–Crippen MR) is 99.6 cm³/mol. The monoisotopic (exact) mass is 382 g/mol. The lowest BCUT2D eigenvalue weighted by Crippen LogP contribution is -2.49. The number of amides is 1. The molecule has 2 aliphatic heterocycles. The lowest BCUT2D eigenvalue weighted by atomic mass is 10.2. The molecule has 2 aliphatic rings. The van der Waals surface area contributed by atoms with E-state index in [4.69, 9.17) is 15.2 Å². The van der Waals surface area contributed by atoms with E-state index in [9.17, 15) is 14.3 Å². The number of aliphatic hydroxyl groups is 1. The minimum absolute atomic E-state index is 0.242. The number of aliphatic hydroxyl groups excluding tert-OH is 1. The zero-order chi connectivity index (χ0) is 19.4. The summed E-state index contributed by atoms with van der Waals surface area (Å²) in [6.07, 6.45) is -1.38. The molecule has 0 saturated carbocycles. The Morgan fingerprint density at radius 3 is 2.70 bits per heavy atom. The van der Waals surface area contributed by atoms with Crippen LogP contribution in [0.25, 0.3) is 0 Å². The number of methoxy groups -OCH3 is 1. The van der Waals surface area contributed by atoms with Crippen LogP contribution in [-0.4, -0.2) is 87.8 Å². The maximum atomic E-state index is 14.7. The van der Waals surface area contributed by atoms with E-state index < -0.39 is 12.2 Å². The first kappa shape index (κ1) is 19.8. The van der Waals surface area contributed by atoms with Crippen LogP contribution in [0.4, 0.5) is 20.6 Å². The molecule has 1 aromatic carbocycles. The SMILES string of the molecule is COCC(O)CN1CCN(c2ccc(N3CC(CN)OC3=O)cc2F)CC1. The summed E-state index contributed by atoms with van der Waals surface area (Å²) in [5, 5.41) is 9.83. The number of rotatable bonds is 7. The number of nitrogens with zero attached hydrogens (tertiary/aromatic N) is 3. The highest BCUT2D eigenvalue weighted by atomic mass is 19.1. The van der Waals surface area contributed by atoms with E-state index in [2.05, 4.69) is 4.90 Å². The Kier molecular flexibility index (Phi) is 6.48. The van der Waals surface area contributed by atoms with E-state index in [0.29, 0.717) is 44.2 Å². The van der Waals surface area contributed by atoms with Crippen molar-refractivity contribution in [2.45, 2.75) is 12.2 Å². The average molecular weight is 382 g/mol. The van der Waals surface area contributed by atoms with Gasteiger partial charge in [0.15, 0.2) is 0 Å². The summed E-state index contributed by atoms with van der Waals surface area (Å²) in [6, 6.07) is 4.79. The third-order valence-electron chi connectivity index (χ3n) is 4.92. The van der Waals surface area contributed by atoms with E-state index in [1.54, 1.807) is 19.2 Å². The fourth-order valence-corrected chi connectivity index (χ4v) is 3.49. The van der Waals surface area contributed by atoms with E-state index in [1.165, 1.54) is 11.0 Å². The molecule has 1 aromatic rings. The molecule has 8 nitrogen and oxygen atoms in total. The highest BCUT2D eigenvalue weighted by Gasteiger charge is 2.32. The van der Waals surface area contributed by atoms with Crippen LogP contribution in [0.2, 0.25) is 0 Å². The molecule has 2 heterocycles. The third kappa shape index (κ3) is 4.67. The van der Waals surface area contributed by atoms with Gasteiger partial charge in [-0.2, -0.15) is 0 Å². The van der Waals surface area contributed by atoms with Crippen molar-refractivity contribution in [2.24, 2.45) is 5.73 Å². The summed E-state index contributed by atoms with van der Waals surface area (Å²) in [5.41, 5.74) is 6.52. The Balaban J connectivity index is 1.60. The summed E-state index contributed by atoms with van der Waals surface area (Å²) < 4.78 is 24.8. The molecule has 2 atom stereocenters. The van der Waals surface area contributed by atoms with Gasteiger partial charge in [0.25, 0.3) is 0 Å². The van der Waals surface area contributed by atoms with E-state index in [0.717, 1.165) is 13.1 Å². The molecule has 27 heavy (non-hydrogen) atoms. The number of anilines is 2. The van der Waals surface area contributed by atoms with Crippen LogP contribution in [0.5, 0.6) is 0 Å². The van der Waals surface area contributed by atoms with Crippen molar-refractivity contribution in [2.75, 3.05) is 69.3 Å². The molecule has 9 heteroatoms. The van der Waals surface area contributed by atoms with E-state index >= 15 is 0 Å². The number of piperazine rings is 1. The molecular formula is C18H27FN4O4. The molecule has 3 N–H and O–H groups in total. The van der Waals surface area contributed by atoms with Crippen LogP contribution >= 0.6 is 0 Å². The van der Waals surface area contributed by atoms with Gasteiger partial charge in [-0.15, -0.1) is 0 Å². The summed E-state index contributed by atoms with van der Waals surface area (Å²) in [4.78, 5) is 17.4. The minimum atomic E-state index is -0.518. The smallest absolute Gasteiger partial charge is 0.414 e. The maximum Gasteiger partial charge on any atom is 0.414 e. The van der Waals surface area contributed by atoms with Crippen LogP contribution in [0, 0.1) is 5.82 Å². The Hall–Kier alpha value is -1.94. The van der Waals surface area contributed by atoms with Crippen LogP contribution in [0.1, 0.15) is 0 Å². The molecule has 0 aromatic heterocycles. The maximum absolute atomic E-state index is 14.7. The second kappa shape index (κ2) is 8.83. The number of benzene rings is 1. The lowest BCUT2D eigenvalue weighted by molar-refractivity contribution is 0.0365. The van der Waals surface area contributed by atoms with Crippen LogP contribution in [-0.2, 0) is 9.47 Å². The number of hydrogen-bond acceptors (Lipinski definition) is 7. The molecular weight excluding hydrogens is 355 g/mol. The van der Waals surface area contributed by atoms with Crippen molar-refractivity contribution in [3.8, 4) is 0 Å². The molecule has 2 saturated heterocycles. The zero-order valence-electron chi connectivity index (χ0n) is 15.5. The number of hydrogen-bond donors (Lipinski definition) is 2. The van der Waals surface area contributed by atoms with Gasteiger partial charge in [0.1, 0.15) is 11.9 Å². The van der Waals surface area contributed by atoms with E-state index in [-0.39, 0.29) is 18.5 Å². The van der Waals surface area contributed by atoms with Gasteiger partial charge in [-0.3, -0.25) is 9.80 Å². The highest BCUT2D eigenvalue weighted by Crippen LogP contribution is 2.28. The molecule has 2 unspecified atom stereocenters. The summed E-state index contributed by atoms with van der Waals surface area (Å²) in [6.45, 7) is 4.22. The van der Waals surface area contributed by atoms with Gasteiger partial charge >= 0.3 is 6.09 Å². The van der Waals surface area contributed by atoms with Crippen molar-refractivity contribution < 1.29 is 23.8 Å². The van der Waals surface area contributed by atoms with Gasteiger partial charge in [-0.05, 0) is 18.2 Å². The van der Waals surface area contributed by atoms with Gasteiger partial charge in [0.05, 0.1) is 30.6 Å². The molecule has 0 bridgehead atoms. The van der Waals surface area contributed by atoms with Crippen LogP contribution in [0.3, 0.4) is 0 Å². The Labute approximate surface area is 158 Å². The fourth-order valence-electron chi connectivity index (χ4n) is 3.49. The standard InChI is InChI=1S/C18H27FN4O4/c1-26-12-14(24)10-21-4-6-22(7-5-21)17-3-2-13(8-16(17)19)23-11-15(9-20)27-18(23)25/h2-3,8,14-15,24H,4-7,9-12,20H2,1H3. The predicted octanol–water partition coefficient (Wildman–Crippen LogP) is 0.239. The number of carbonyl (C=O) groups excluding carboxylic acids is 1. The summed E-state index contributed by atoms with van der Waals surface area (Å²) in [7, 11) is 1.56. The number of carbonyl (C=O) groups is 1. The first-order valence-electron chi connectivity index (χ1n) is 9.14. The molecule has 1 amide bonds. The van der Waals surface area contributed by atoms with Gasteiger partial charge < -0.3 is 25.2 Å². The third-order valence-corrected chi connectivity index (χ3v) is 4.92. The van der Waals surface area contributed by atoms with Crippen molar-refractivity contribution in [3.05, 3.63) is 24.0 Å². The minimum Gasteiger partial charge on any atom is -0.443 e. The molecule has 3 rings (SSSR count). The molecule has 0 aliphatic carbocycles. The largest absolute Gasteiger partial charge is 0.443 e. The first-order chi connectivity index (χ1) is 13.0. The Morgan fingerprint density at radius 2 is 2.11 bits per heavy atom. The Bertz CT molecular complexity index is 654. The first-order valence-corrected chi connectivity index (χ1v) is 9.14. The van der Waals surface area contributed by atoms with Crippen molar-refractivity contribution in [1.82, 2.24) is 4.90 Å². The number of nitrogens with two attached hydrogens (primary N) is 1. The van der Waals surface area contributed by atoms with Crippen molar-refractivity contribution >= 4 is 17.5 Å². The number of ether oxygens (including phenoxy) is 2. The van der Waals surface area contributed by atoms with Crippen molar-refractivity contribution in [3.63, 3.8) is 0 Å². The fraction of sp³-hybridized carbons (Fsp3) is 0.611. The molecule has 150 valence electrons. The van der Waals surface area contributed by atoms with Crippen LogP contribution < -0.4 is 15.5 Å². The number of halogens is 1. The second-order valence-corrected chi connectivity index (χ2v) is 6.88. The lowest BCUT2D eigenvalue weighted by Gasteiger charge is -2.37. The van der Waals surface area contributed by atoms with E-state index in [1.807, 2.05) is 4.90 Å². The highest BCUT2D eigenvalue weighted by molar-refractivity contribution is 5.90. The quantitative estimate of drug-likeness (QED) is 0.698. The zero-order valence-corrected chi connectivity index (χ0v) is 15.5. The van der Waals surface area contributed by atoms with Gasteiger partial charge in [-0.25, -0.2) is 9.18 Å². The topological polar surface area (TPSA) is 91.5 Å². The van der Waals surface area contributed by atoms with Gasteiger partial charge in [0.2, 0.25) is 0 Å². The van der Waals surface area contributed by atoms with Crippen molar-refractivity contribution in [1.29, 1.82) is 0 Å². The molecule has 2 fully saturated rings. The Morgan fingerprint density at radius 1 is 1.37 bits per heavy atom. The molecule has 0 radical (unpaired) electrons. The van der Waals surface area contributed by atoms with Crippen LogP contribution in [0.15, 0.2) is 18.2 Å². The van der Waals surface area contributed by atoms with Gasteiger partial charge in [0, 0.05) is 46.4 Å². The van der Waals surface area contributed by atoms with Gasteiger partial charge in [-0.1, -0.05) is 0 Å². The number of β-amino-alcohol motifs (C(OH)–C–C–N with tert-alkyl or cyclic N) is 1. The normalized spacial score (nSPS) is 22.2.